The molecular formula is C28H48O8. The lowest BCUT2D eigenvalue weighted by Crippen LogP contribution is -2.48. The summed E-state index contributed by atoms with van der Waals surface area (Å²) in [5.74, 6) is -0.417. The second-order valence-electron chi connectivity index (χ2n) is 13.4. The quantitative estimate of drug-likeness (QED) is 0.233. The van der Waals surface area contributed by atoms with Crippen molar-refractivity contribution in [2.45, 2.75) is 126 Å². The monoisotopic (exact) mass is 512 g/mol. The predicted octanol–water partition coefficient (Wildman–Crippen LogP) is 0.552. The van der Waals surface area contributed by atoms with E-state index in [1.54, 1.807) is 0 Å². The fourth-order valence-corrected chi connectivity index (χ4v) is 8.92. The van der Waals surface area contributed by atoms with Gasteiger partial charge in [0.1, 0.15) is 0 Å². The maximum Gasteiger partial charge on any atom is 0.0593 e. The highest BCUT2D eigenvalue weighted by Crippen LogP contribution is 2.47. The summed E-state index contributed by atoms with van der Waals surface area (Å²) < 4.78 is 0. The first-order chi connectivity index (χ1) is 17.1. The average molecular weight is 513 g/mol. The molecule has 0 aromatic carbocycles. The van der Waals surface area contributed by atoms with Crippen LogP contribution in [0.3, 0.4) is 0 Å². The van der Waals surface area contributed by atoms with E-state index in [9.17, 15) is 40.9 Å². The molecule has 5 rings (SSSR count). The molecular weight excluding hydrogens is 464 g/mol. The van der Waals surface area contributed by atoms with Gasteiger partial charge in [0, 0.05) is 0 Å². The van der Waals surface area contributed by atoms with Gasteiger partial charge in [0.25, 0.3) is 0 Å². The first-order valence-corrected chi connectivity index (χ1v) is 14.5. The van der Waals surface area contributed by atoms with Crippen LogP contribution in [-0.2, 0) is 0 Å². The van der Waals surface area contributed by atoms with Crippen molar-refractivity contribution >= 4 is 0 Å². The Hall–Kier alpha value is -0.320. The molecule has 0 heterocycles. The molecule has 8 bridgehead atoms. The van der Waals surface area contributed by atoms with Gasteiger partial charge in [-0.25, -0.2) is 0 Å². The van der Waals surface area contributed by atoms with Crippen LogP contribution < -0.4 is 0 Å². The molecule has 0 unspecified atom stereocenters. The van der Waals surface area contributed by atoms with Crippen LogP contribution in [0.15, 0.2) is 0 Å². The molecule has 0 saturated heterocycles. The van der Waals surface area contributed by atoms with Crippen LogP contribution in [0.2, 0.25) is 0 Å². The Morgan fingerprint density at radius 1 is 0.194 bits per heavy atom. The van der Waals surface area contributed by atoms with E-state index in [0.29, 0.717) is 77.0 Å². The highest BCUT2D eigenvalue weighted by atomic mass is 16.3. The van der Waals surface area contributed by atoms with Gasteiger partial charge in [-0.3, -0.25) is 0 Å². The lowest BCUT2D eigenvalue weighted by molar-refractivity contribution is -0.104. The predicted molar refractivity (Wildman–Crippen MR) is 131 cm³/mol. The summed E-state index contributed by atoms with van der Waals surface area (Å²) in [4.78, 5) is 0. The zero-order valence-electron chi connectivity index (χ0n) is 21.3. The van der Waals surface area contributed by atoms with Crippen molar-refractivity contribution < 1.29 is 40.9 Å². The molecule has 208 valence electrons. The van der Waals surface area contributed by atoms with Gasteiger partial charge in [-0.05, 0) is 124 Å². The smallest absolute Gasteiger partial charge is 0.0593 e. The Bertz CT molecular complexity index is 568. The van der Waals surface area contributed by atoms with Crippen molar-refractivity contribution in [3.8, 4) is 0 Å². The van der Waals surface area contributed by atoms with Crippen molar-refractivity contribution in [1.29, 1.82) is 0 Å². The normalized spacial score (nSPS) is 56.7. The van der Waals surface area contributed by atoms with Gasteiger partial charge in [-0.2, -0.15) is 0 Å². The van der Waals surface area contributed by atoms with Gasteiger partial charge < -0.3 is 40.9 Å². The molecule has 36 heavy (non-hydrogen) atoms. The van der Waals surface area contributed by atoms with Crippen LogP contribution in [0, 0.1) is 47.3 Å². The summed E-state index contributed by atoms with van der Waals surface area (Å²) >= 11 is 0. The third kappa shape index (κ3) is 5.67. The molecule has 0 aromatic rings. The van der Waals surface area contributed by atoms with Gasteiger partial charge >= 0.3 is 0 Å². The van der Waals surface area contributed by atoms with Gasteiger partial charge in [0.15, 0.2) is 0 Å². The van der Waals surface area contributed by atoms with E-state index >= 15 is 0 Å². The van der Waals surface area contributed by atoms with Gasteiger partial charge in [0.05, 0.1) is 48.8 Å². The Morgan fingerprint density at radius 3 is 0.417 bits per heavy atom. The summed E-state index contributed by atoms with van der Waals surface area (Å²) in [6.07, 6.45) is 1.16. The summed E-state index contributed by atoms with van der Waals surface area (Å²) in [6, 6.07) is 0. The molecule has 0 aromatic heterocycles. The third-order valence-corrected chi connectivity index (χ3v) is 11.1. The second-order valence-corrected chi connectivity index (χ2v) is 13.4. The molecule has 5 fully saturated rings. The fraction of sp³-hybridized carbons (Fsp3) is 1.00. The fourth-order valence-electron chi connectivity index (χ4n) is 8.92. The highest BCUT2D eigenvalue weighted by molar-refractivity contribution is 4.97. The molecule has 0 amide bonds. The Morgan fingerprint density at radius 2 is 0.306 bits per heavy atom. The summed E-state index contributed by atoms with van der Waals surface area (Å²) in [6.45, 7) is 0. The van der Waals surface area contributed by atoms with Gasteiger partial charge in [-0.15, -0.1) is 0 Å². The van der Waals surface area contributed by atoms with Crippen LogP contribution >= 0.6 is 0 Å². The Balaban J connectivity index is 1.42. The summed E-state index contributed by atoms with van der Waals surface area (Å²) in [5.41, 5.74) is 0. The largest absolute Gasteiger partial charge is 0.393 e. The average Bonchev–Trinajstić information content (AvgIpc) is 2.79. The number of rotatable bonds is 0. The highest BCUT2D eigenvalue weighted by Gasteiger charge is 2.46. The SMILES string of the molecule is O[C@@H]1C[C@H](O)C2CC1CC1CC(CC3CC(CC4CC(C2)[C@H](O)C[C@@H]4O)[C@H](O)C[C@@H]3O)[C@H](O)C[C@@H]1O. The third-order valence-electron chi connectivity index (χ3n) is 11.1. The van der Waals surface area contributed by atoms with Crippen LogP contribution in [0.4, 0.5) is 0 Å². The van der Waals surface area contributed by atoms with E-state index in [-0.39, 0.29) is 47.3 Å². The first kappa shape index (κ1) is 27.3. The van der Waals surface area contributed by atoms with E-state index in [2.05, 4.69) is 0 Å². The van der Waals surface area contributed by atoms with Crippen LogP contribution in [0.1, 0.15) is 77.0 Å². The molecule has 0 radical (unpaired) electrons. The Labute approximate surface area is 214 Å². The standard InChI is InChI=1S/C28H48O8/c29-21-9-22(30)14-1-13(21)5-15-2-17(25(33)10-23(15)31)7-19-4-20(28(36)12-27(19)35)8-18-3-16(6-14)24(32)11-26(18)34/h13-36H,1-12H2/t13?,14?,15?,16?,17?,18?,19?,20?,21-,22+,23+,24-,25-,26+,27+,28-. The maximum atomic E-state index is 10.8. The molecule has 8 heteroatoms. The zero-order valence-corrected chi connectivity index (χ0v) is 21.3. The number of hydrogen-bond acceptors (Lipinski definition) is 8. The van der Waals surface area contributed by atoms with Crippen LogP contribution in [0.25, 0.3) is 0 Å². The minimum Gasteiger partial charge on any atom is -0.393 e. The van der Waals surface area contributed by atoms with E-state index in [0.717, 1.165) is 0 Å². The maximum absolute atomic E-state index is 10.8. The molecule has 8 atom stereocenters. The number of aliphatic hydroxyl groups excluding tert-OH is 8. The zero-order chi connectivity index (χ0) is 25.7. The van der Waals surface area contributed by atoms with E-state index in [1.807, 2.05) is 0 Å². The minimum absolute atomic E-state index is 0.0521. The molecule has 5 aliphatic carbocycles. The van der Waals surface area contributed by atoms with Crippen molar-refractivity contribution in [2.24, 2.45) is 47.3 Å². The lowest BCUT2D eigenvalue weighted by atomic mass is 9.62. The second kappa shape index (κ2) is 11.0. The van der Waals surface area contributed by atoms with E-state index < -0.39 is 48.8 Å². The lowest BCUT2D eigenvalue weighted by Gasteiger charge is -2.47. The minimum atomic E-state index is -0.638. The van der Waals surface area contributed by atoms with Crippen molar-refractivity contribution in [2.75, 3.05) is 0 Å². The van der Waals surface area contributed by atoms with Gasteiger partial charge in [-0.1, -0.05) is 0 Å². The summed E-state index contributed by atoms with van der Waals surface area (Å²) in [7, 11) is 0. The van der Waals surface area contributed by atoms with Crippen LogP contribution in [0.5, 0.6) is 0 Å². The van der Waals surface area contributed by atoms with Crippen molar-refractivity contribution in [1.82, 2.24) is 0 Å². The molecule has 5 saturated carbocycles. The number of hydrogen-bond donors (Lipinski definition) is 8. The van der Waals surface area contributed by atoms with Gasteiger partial charge in [0.2, 0.25) is 0 Å². The molecule has 8 N–H and O–H groups in total. The first-order valence-electron chi connectivity index (χ1n) is 14.5. The summed E-state index contributed by atoms with van der Waals surface area (Å²) in [5, 5.41) is 86.6. The Kier molecular flexibility index (Phi) is 8.36. The molecule has 8 nitrogen and oxygen atoms in total. The topological polar surface area (TPSA) is 162 Å². The van der Waals surface area contributed by atoms with Crippen molar-refractivity contribution in [3.63, 3.8) is 0 Å². The van der Waals surface area contributed by atoms with E-state index in [1.165, 1.54) is 0 Å². The molecule has 0 spiro atoms. The molecule has 0 aliphatic heterocycles. The number of aliphatic hydroxyl groups is 8. The van der Waals surface area contributed by atoms with E-state index in [4.69, 9.17) is 0 Å². The molecule has 5 aliphatic rings. The van der Waals surface area contributed by atoms with Crippen molar-refractivity contribution in [3.05, 3.63) is 0 Å². The number of fused-ring (bicyclic) bond motifs is 8. The van der Waals surface area contributed by atoms with Crippen LogP contribution in [-0.4, -0.2) is 89.7 Å².